The van der Waals surface area contributed by atoms with Crippen molar-refractivity contribution in [2.45, 2.75) is 18.7 Å². The predicted molar refractivity (Wildman–Crippen MR) is 106 cm³/mol. The maximum atomic E-state index is 12.2. The zero-order valence-corrected chi connectivity index (χ0v) is 16.1. The third-order valence-electron chi connectivity index (χ3n) is 3.54. The van der Waals surface area contributed by atoms with Crippen LogP contribution in [0, 0.1) is 6.92 Å². The first kappa shape index (κ1) is 18.4. The summed E-state index contributed by atoms with van der Waals surface area (Å²) in [5.41, 5.74) is 2.41. The highest BCUT2D eigenvalue weighted by atomic mass is 32.2. The molecule has 1 amide bonds. The van der Waals surface area contributed by atoms with Crippen LogP contribution in [-0.4, -0.2) is 29.2 Å². The first-order valence-electron chi connectivity index (χ1n) is 8.12. The van der Waals surface area contributed by atoms with Gasteiger partial charge < -0.3 is 10.1 Å². The zero-order valence-electron chi connectivity index (χ0n) is 14.4. The molecule has 2 aromatic carbocycles. The highest BCUT2D eigenvalue weighted by Crippen LogP contribution is 2.27. The molecule has 134 valence electrons. The van der Waals surface area contributed by atoms with Gasteiger partial charge in [0.2, 0.25) is 5.91 Å². The SMILES string of the molecule is CCOC(=O)c1ccc2nc(NC(=O)CSc3ccc(C)cc3)sc2c1. The zero-order chi connectivity index (χ0) is 18.5. The molecule has 0 aliphatic carbocycles. The third kappa shape index (κ3) is 4.62. The summed E-state index contributed by atoms with van der Waals surface area (Å²) in [6.07, 6.45) is 0. The number of thiazole rings is 1. The van der Waals surface area contributed by atoms with Crippen LogP contribution in [-0.2, 0) is 9.53 Å². The summed E-state index contributed by atoms with van der Waals surface area (Å²) in [6, 6.07) is 13.2. The number of nitrogens with one attached hydrogen (secondary N) is 1. The number of anilines is 1. The van der Waals surface area contributed by atoms with E-state index in [1.54, 1.807) is 25.1 Å². The number of carbonyl (C=O) groups excluding carboxylic acids is 2. The van der Waals surface area contributed by atoms with Crippen LogP contribution in [0.5, 0.6) is 0 Å². The van der Waals surface area contributed by atoms with E-state index in [1.165, 1.54) is 28.7 Å². The minimum atomic E-state index is -0.358. The van der Waals surface area contributed by atoms with Crippen molar-refractivity contribution >= 4 is 50.3 Å². The molecule has 7 heteroatoms. The molecule has 5 nitrogen and oxygen atoms in total. The van der Waals surface area contributed by atoms with Crippen LogP contribution in [0.2, 0.25) is 0 Å². The highest BCUT2D eigenvalue weighted by molar-refractivity contribution is 8.00. The van der Waals surface area contributed by atoms with Gasteiger partial charge in [0.15, 0.2) is 5.13 Å². The normalized spacial score (nSPS) is 10.7. The van der Waals surface area contributed by atoms with E-state index in [0.717, 1.165) is 15.1 Å². The summed E-state index contributed by atoms with van der Waals surface area (Å²) < 4.78 is 5.83. The quantitative estimate of drug-likeness (QED) is 0.499. The molecule has 0 aliphatic rings. The Hall–Kier alpha value is -2.38. The number of thioether (sulfide) groups is 1. The van der Waals surface area contributed by atoms with Crippen LogP contribution >= 0.6 is 23.1 Å². The smallest absolute Gasteiger partial charge is 0.338 e. The van der Waals surface area contributed by atoms with Gasteiger partial charge in [-0.2, -0.15) is 0 Å². The Kier molecular flexibility index (Phi) is 5.90. The van der Waals surface area contributed by atoms with E-state index < -0.39 is 0 Å². The third-order valence-corrected chi connectivity index (χ3v) is 5.48. The number of amides is 1. The number of ether oxygens (including phenoxy) is 1. The van der Waals surface area contributed by atoms with E-state index in [-0.39, 0.29) is 11.9 Å². The standard InChI is InChI=1S/C19H18N2O3S2/c1-3-24-18(23)13-6-9-15-16(10-13)26-19(20-15)21-17(22)11-25-14-7-4-12(2)5-8-14/h4-10H,3,11H2,1-2H3,(H,20,21,22). The average molecular weight is 386 g/mol. The number of carbonyl (C=O) groups is 2. The fraction of sp³-hybridized carbons (Fsp3) is 0.211. The van der Waals surface area contributed by atoms with E-state index in [0.29, 0.717) is 23.1 Å². The molecule has 0 saturated carbocycles. The van der Waals surface area contributed by atoms with Crippen molar-refractivity contribution in [2.75, 3.05) is 17.7 Å². The Morgan fingerprint density at radius 3 is 2.69 bits per heavy atom. The molecule has 1 N–H and O–H groups in total. The Morgan fingerprint density at radius 1 is 1.19 bits per heavy atom. The maximum absolute atomic E-state index is 12.2. The lowest BCUT2D eigenvalue weighted by Gasteiger charge is -2.02. The molecule has 1 aromatic heterocycles. The van der Waals surface area contributed by atoms with E-state index in [2.05, 4.69) is 10.3 Å². The molecule has 3 aromatic rings. The van der Waals surface area contributed by atoms with Gasteiger partial charge in [-0.15, -0.1) is 11.8 Å². The van der Waals surface area contributed by atoms with Crippen molar-refractivity contribution in [2.24, 2.45) is 0 Å². The predicted octanol–water partition coefficient (Wildman–Crippen LogP) is 4.51. The number of rotatable bonds is 6. The Morgan fingerprint density at radius 2 is 1.96 bits per heavy atom. The molecule has 0 radical (unpaired) electrons. The maximum Gasteiger partial charge on any atom is 0.338 e. The lowest BCUT2D eigenvalue weighted by Crippen LogP contribution is -2.13. The fourth-order valence-electron chi connectivity index (χ4n) is 2.26. The molecular weight excluding hydrogens is 368 g/mol. The Balaban J connectivity index is 1.63. The molecule has 0 aliphatic heterocycles. The summed E-state index contributed by atoms with van der Waals surface area (Å²) in [7, 11) is 0. The lowest BCUT2D eigenvalue weighted by molar-refractivity contribution is -0.113. The number of hydrogen-bond acceptors (Lipinski definition) is 6. The van der Waals surface area contributed by atoms with E-state index in [9.17, 15) is 9.59 Å². The first-order chi connectivity index (χ1) is 12.5. The number of hydrogen-bond donors (Lipinski definition) is 1. The van der Waals surface area contributed by atoms with Crippen LogP contribution < -0.4 is 5.32 Å². The Bertz CT molecular complexity index is 936. The van der Waals surface area contributed by atoms with Crippen molar-refractivity contribution in [3.63, 3.8) is 0 Å². The number of esters is 1. The lowest BCUT2D eigenvalue weighted by atomic mass is 10.2. The summed E-state index contributed by atoms with van der Waals surface area (Å²) in [5, 5.41) is 3.34. The molecule has 0 atom stereocenters. The molecule has 0 unspecified atom stereocenters. The van der Waals surface area contributed by atoms with Gasteiger partial charge in [0, 0.05) is 4.90 Å². The van der Waals surface area contributed by atoms with Gasteiger partial charge in [0.25, 0.3) is 0 Å². The van der Waals surface area contributed by atoms with Gasteiger partial charge in [0.1, 0.15) is 0 Å². The second kappa shape index (κ2) is 8.33. The van der Waals surface area contributed by atoms with Crippen molar-refractivity contribution < 1.29 is 14.3 Å². The van der Waals surface area contributed by atoms with Crippen molar-refractivity contribution in [3.8, 4) is 0 Å². The van der Waals surface area contributed by atoms with Crippen LogP contribution in [0.15, 0.2) is 47.4 Å². The van der Waals surface area contributed by atoms with E-state index in [4.69, 9.17) is 4.74 Å². The summed E-state index contributed by atoms with van der Waals surface area (Å²) in [4.78, 5) is 29.4. The molecule has 0 fully saturated rings. The number of aromatic nitrogens is 1. The minimum absolute atomic E-state index is 0.111. The van der Waals surface area contributed by atoms with Crippen molar-refractivity contribution in [3.05, 3.63) is 53.6 Å². The van der Waals surface area contributed by atoms with E-state index in [1.807, 2.05) is 31.2 Å². The fourth-order valence-corrected chi connectivity index (χ4v) is 3.88. The number of fused-ring (bicyclic) bond motifs is 1. The van der Waals surface area contributed by atoms with Crippen LogP contribution in [0.1, 0.15) is 22.8 Å². The van der Waals surface area contributed by atoms with Gasteiger partial charge in [0.05, 0.1) is 28.1 Å². The van der Waals surface area contributed by atoms with Gasteiger partial charge in [-0.3, -0.25) is 4.79 Å². The Labute approximate surface area is 159 Å². The van der Waals surface area contributed by atoms with Crippen LogP contribution in [0.25, 0.3) is 10.2 Å². The summed E-state index contributed by atoms with van der Waals surface area (Å²) in [6.45, 7) is 4.13. The van der Waals surface area contributed by atoms with Crippen molar-refractivity contribution in [1.29, 1.82) is 0 Å². The largest absolute Gasteiger partial charge is 0.462 e. The second-order valence-corrected chi connectivity index (χ2v) is 7.65. The van der Waals surface area contributed by atoms with Gasteiger partial charge in [-0.1, -0.05) is 29.0 Å². The van der Waals surface area contributed by atoms with Crippen molar-refractivity contribution in [1.82, 2.24) is 4.98 Å². The molecule has 0 bridgehead atoms. The molecule has 0 saturated heterocycles. The molecule has 0 spiro atoms. The second-order valence-electron chi connectivity index (χ2n) is 5.57. The molecule has 1 heterocycles. The van der Waals surface area contributed by atoms with Crippen LogP contribution in [0.4, 0.5) is 5.13 Å². The first-order valence-corrected chi connectivity index (χ1v) is 9.92. The minimum Gasteiger partial charge on any atom is -0.462 e. The summed E-state index contributed by atoms with van der Waals surface area (Å²) >= 11 is 2.82. The highest BCUT2D eigenvalue weighted by Gasteiger charge is 2.12. The van der Waals surface area contributed by atoms with Gasteiger partial charge >= 0.3 is 5.97 Å². The van der Waals surface area contributed by atoms with Crippen LogP contribution in [0.3, 0.4) is 0 Å². The number of benzene rings is 2. The van der Waals surface area contributed by atoms with Gasteiger partial charge in [-0.05, 0) is 44.2 Å². The summed E-state index contributed by atoms with van der Waals surface area (Å²) in [5.74, 6) is -0.157. The van der Waals surface area contributed by atoms with E-state index >= 15 is 0 Å². The molecular formula is C19H18N2O3S2. The number of aryl methyl sites for hydroxylation is 1. The van der Waals surface area contributed by atoms with Gasteiger partial charge in [-0.25, -0.2) is 9.78 Å². The number of nitrogens with zero attached hydrogens (tertiary/aromatic N) is 1. The topological polar surface area (TPSA) is 68.3 Å². The molecule has 26 heavy (non-hydrogen) atoms. The average Bonchev–Trinajstić information content (AvgIpc) is 3.02. The monoisotopic (exact) mass is 386 g/mol. The molecule has 3 rings (SSSR count).